The van der Waals surface area contributed by atoms with Gasteiger partial charge in [-0.25, -0.2) is 9.37 Å². The van der Waals surface area contributed by atoms with E-state index in [0.29, 0.717) is 25.6 Å². The van der Waals surface area contributed by atoms with Crippen molar-refractivity contribution in [1.29, 1.82) is 0 Å². The molecule has 0 saturated heterocycles. The molecule has 0 N–H and O–H groups in total. The number of benzene rings is 2. The first-order valence-electron chi connectivity index (χ1n) is 9.81. The second-order valence-corrected chi connectivity index (χ2v) is 7.43. The molecule has 150 valence electrons. The Balaban J connectivity index is 1.55. The zero-order valence-electron chi connectivity index (χ0n) is 16.4. The zero-order chi connectivity index (χ0) is 20.2. The summed E-state index contributed by atoms with van der Waals surface area (Å²) in [4.78, 5) is 19.2. The highest BCUT2D eigenvalue weighted by molar-refractivity contribution is 5.94. The molecule has 1 saturated carbocycles. The highest BCUT2D eigenvalue weighted by atomic mass is 19.1. The lowest BCUT2D eigenvalue weighted by Crippen LogP contribution is -2.34. The van der Waals surface area contributed by atoms with Gasteiger partial charge in [-0.15, -0.1) is 0 Å². The fraction of sp³-hybridized carbons (Fsp3) is 0.304. The van der Waals surface area contributed by atoms with Crippen LogP contribution < -0.4 is 4.74 Å². The molecule has 0 bridgehead atoms. The molecular formula is C23H24FN3O2. The number of methoxy groups -OCH3 is 1. The van der Waals surface area contributed by atoms with Crippen LogP contribution in [0.15, 0.2) is 60.9 Å². The topological polar surface area (TPSA) is 47.4 Å². The Morgan fingerprint density at radius 1 is 1.24 bits per heavy atom. The van der Waals surface area contributed by atoms with Crippen molar-refractivity contribution in [3.63, 3.8) is 0 Å². The maximum atomic E-state index is 14.2. The third kappa shape index (κ3) is 4.65. The number of carbonyl (C=O) groups excluding carboxylic acids is 1. The number of carbonyl (C=O) groups is 1. The number of amides is 1. The Hall–Kier alpha value is -3.15. The van der Waals surface area contributed by atoms with Crippen LogP contribution in [0.1, 0.15) is 34.6 Å². The van der Waals surface area contributed by atoms with Crippen LogP contribution in [0.4, 0.5) is 4.39 Å². The fourth-order valence-electron chi connectivity index (χ4n) is 3.41. The Morgan fingerprint density at radius 3 is 2.83 bits per heavy atom. The molecule has 3 aromatic rings. The van der Waals surface area contributed by atoms with Crippen molar-refractivity contribution in [3.8, 4) is 5.75 Å². The van der Waals surface area contributed by atoms with E-state index in [4.69, 9.17) is 4.74 Å². The van der Waals surface area contributed by atoms with Crippen LogP contribution >= 0.6 is 0 Å². The van der Waals surface area contributed by atoms with Crippen LogP contribution in [0.25, 0.3) is 0 Å². The molecule has 2 aromatic carbocycles. The van der Waals surface area contributed by atoms with Crippen LogP contribution in [0.5, 0.6) is 5.75 Å². The lowest BCUT2D eigenvalue weighted by Gasteiger charge is -2.23. The number of halogens is 1. The van der Waals surface area contributed by atoms with E-state index in [2.05, 4.69) is 4.98 Å². The van der Waals surface area contributed by atoms with Gasteiger partial charge in [0.2, 0.25) is 0 Å². The predicted octanol–water partition coefficient (Wildman–Crippen LogP) is 4.13. The van der Waals surface area contributed by atoms with Crippen LogP contribution in [-0.2, 0) is 13.1 Å². The van der Waals surface area contributed by atoms with Gasteiger partial charge in [0.15, 0.2) is 0 Å². The highest BCUT2D eigenvalue weighted by Crippen LogP contribution is 2.31. The van der Waals surface area contributed by atoms with Gasteiger partial charge < -0.3 is 14.2 Å². The normalized spacial score (nSPS) is 13.3. The lowest BCUT2D eigenvalue weighted by atomic mass is 10.1. The summed E-state index contributed by atoms with van der Waals surface area (Å²) < 4.78 is 21.5. The molecule has 6 heteroatoms. The number of rotatable bonds is 8. The first-order chi connectivity index (χ1) is 14.1. The number of aromatic nitrogens is 2. The minimum atomic E-state index is -0.488. The smallest absolute Gasteiger partial charge is 0.257 e. The minimum absolute atomic E-state index is 0.110. The van der Waals surface area contributed by atoms with E-state index in [-0.39, 0.29) is 11.5 Å². The van der Waals surface area contributed by atoms with E-state index >= 15 is 0 Å². The van der Waals surface area contributed by atoms with Gasteiger partial charge in [0.25, 0.3) is 5.91 Å². The molecule has 0 aliphatic heterocycles. The highest BCUT2D eigenvalue weighted by Gasteiger charge is 2.29. The maximum absolute atomic E-state index is 14.2. The molecule has 0 radical (unpaired) electrons. The summed E-state index contributed by atoms with van der Waals surface area (Å²) in [5.41, 5.74) is 1.19. The van der Waals surface area contributed by atoms with Gasteiger partial charge in [-0.2, -0.15) is 0 Å². The number of ether oxygens (including phenoxy) is 1. The van der Waals surface area contributed by atoms with Crippen LogP contribution in [0.3, 0.4) is 0 Å². The van der Waals surface area contributed by atoms with Crippen LogP contribution in [-0.4, -0.2) is 34.0 Å². The molecule has 4 rings (SSSR count). The molecule has 0 unspecified atom stereocenters. The molecule has 1 fully saturated rings. The van der Waals surface area contributed by atoms with E-state index in [9.17, 15) is 9.18 Å². The van der Waals surface area contributed by atoms with Gasteiger partial charge in [0.1, 0.15) is 17.4 Å². The Labute approximate surface area is 169 Å². The molecule has 0 atom stereocenters. The van der Waals surface area contributed by atoms with Crippen molar-refractivity contribution in [2.24, 2.45) is 5.92 Å². The Morgan fingerprint density at radius 2 is 2.07 bits per heavy atom. The SMILES string of the molecule is COc1cccc(Cn2ccnc2CN(CC2CC2)C(=O)c2ccccc2F)c1. The first kappa shape index (κ1) is 19.2. The van der Waals surface area contributed by atoms with Gasteiger partial charge >= 0.3 is 0 Å². The van der Waals surface area contributed by atoms with Gasteiger partial charge in [0, 0.05) is 25.5 Å². The summed E-state index contributed by atoms with van der Waals surface area (Å²) in [5.74, 6) is 1.30. The van der Waals surface area contributed by atoms with Crippen molar-refractivity contribution in [2.75, 3.05) is 13.7 Å². The summed E-state index contributed by atoms with van der Waals surface area (Å²) in [7, 11) is 1.64. The largest absolute Gasteiger partial charge is 0.497 e. The van der Waals surface area contributed by atoms with E-state index < -0.39 is 5.82 Å². The molecule has 29 heavy (non-hydrogen) atoms. The Kier molecular flexibility index (Phi) is 5.60. The fourth-order valence-corrected chi connectivity index (χ4v) is 3.41. The number of hydrogen-bond acceptors (Lipinski definition) is 3. The number of imidazole rings is 1. The number of hydrogen-bond donors (Lipinski definition) is 0. The van der Waals surface area contributed by atoms with Gasteiger partial charge in [-0.3, -0.25) is 4.79 Å². The summed E-state index contributed by atoms with van der Waals surface area (Å²) in [6, 6.07) is 14.0. The van der Waals surface area contributed by atoms with Crippen LogP contribution in [0, 0.1) is 11.7 Å². The zero-order valence-corrected chi connectivity index (χ0v) is 16.4. The van der Waals surface area contributed by atoms with E-state index in [1.807, 2.05) is 35.0 Å². The molecule has 1 heterocycles. The molecule has 1 aliphatic carbocycles. The third-order valence-electron chi connectivity index (χ3n) is 5.19. The van der Waals surface area contributed by atoms with Crippen molar-refractivity contribution in [2.45, 2.75) is 25.9 Å². The monoisotopic (exact) mass is 393 g/mol. The van der Waals surface area contributed by atoms with E-state index in [1.54, 1.807) is 36.4 Å². The quantitative estimate of drug-likeness (QED) is 0.578. The number of nitrogens with zero attached hydrogens (tertiary/aromatic N) is 3. The minimum Gasteiger partial charge on any atom is -0.497 e. The summed E-state index contributed by atoms with van der Waals surface area (Å²) in [6.07, 6.45) is 5.86. The summed E-state index contributed by atoms with van der Waals surface area (Å²) in [6.45, 7) is 1.59. The summed E-state index contributed by atoms with van der Waals surface area (Å²) >= 11 is 0. The maximum Gasteiger partial charge on any atom is 0.257 e. The van der Waals surface area contributed by atoms with Gasteiger partial charge in [-0.05, 0) is 48.6 Å². The molecule has 0 spiro atoms. The van der Waals surface area contributed by atoms with Crippen molar-refractivity contribution >= 4 is 5.91 Å². The van der Waals surface area contributed by atoms with Crippen molar-refractivity contribution in [3.05, 3.63) is 83.7 Å². The molecule has 1 aliphatic rings. The van der Waals surface area contributed by atoms with E-state index in [0.717, 1.165) is 30.0 Å². The van der Waals surface area contributed by atoms with Crippen LogP contribution in [0.2, 0.25) is 0 Å². The van der Waals surface area contributed by atoms with Crippen molar-refractivity contribution in [1.82, 2.24) is 14.5 Å². The molecule has 1 aromatic heterocycles. The van der Waals surface area contributed by atoms with Crippen molar-refractivity contribution < 1.29 is 13.9 Å². The average Bonchev–Trinajstić information content (AvgIpc) is 3.46. The first-order valence-corrected chi connectivity index (χ1v) is 9.81. The second-order valence-electron chi connectivity index (χ2n) is 7.43. The summed E-state index contributed by atoms with van der Waals surface area (Å²) in [5, 5.41) is 0. The standard InChI is InChI=1S/C23H24FN3O2/c1-29-19-6-4-5-18(13-19)15-26-12-11-25-22(26)16-27(14-17-9-10-17)23(28)20-7-2-3-8-21(20)24/h2-8,11-13,17H,9-10,14-16H2,1H3. The Bertz CT molecular complexity index is 997. The average molecular weight is 393 g/mol. The molecule has 1 amide bonds. The molecule has 5 nitrogen and oxygen atoms in total. The predicted molar refractivity (Wildman–Crippen MR) is 108 cm³/mol. The second kappa shape index (κ2) is 8.47. The van der Waals surface area contributed by atoms with Gasteiger partial charge in [0.05, 0.1) is 19.2 Å². The lowest BCUT2D eigenvalue weighted by molar-refractivity contribution is 0.0724. The van der Waals surface area contributed by atoms with E-state index in [1.165, 1.54) is 6.07 Å². The van der Waals surface area contributed by atoms with Gasteiger partial charge in [-0.1, -0.05) is 24.3 Å². The molecular weight excluding hydrogens is 369 g/mol. The third-order valence-corrected chi connectivity index (χ3v) is 5.19.